The number of aliphatic hydroxyl groups is 1. The number of aliphatic hydroxyl groups excluding tert-OH is 1. The summed E-state index contributed by atoms with van der Waals surface area (Å²) in [6.07, 6.45) is 0. The van der Waals surface area contributed by atoms with E-state index >= 15 is 0 Å². The first kappa shape index (κ1) is 12.3. The number of nitrogens with zero attached hydrogens (tertiary/aromatic N) is 3. The highest BCUT2D eigenvalue weighted by molar-refractivity contribution is 4.65. The van der Waals surface area contributed by atoms with Crippen molar-refractivity contribution in [3.63, 3.8) is 0 Å². The normalized spacial score (nSPS) is 29.4. The summed E-state index contributed by atoms with van der Waals surface area (Å²) in [5, 5.41) is 8.94. The Kier molecular flexibility index (Phi) is 3.54. The first-order chi connectivity index (χ1) is 7.55. The summed E-state index contributed by atoms with van der Waals surface area (Å²) < 4.78 is 2.53. The maximum Gasteiger partial charge on any atom is 0.129 e. The predicted molar refractivity (Wildman–Crippen MR) is 65.1 cm³/mol. The van der Waals surface area contributed by atoms with Crippen LogP contribution < -0.4 is 0 Å². The number of rotatable bonds is 2. The van der Waals surface area contributed by atoms with Crippen LogP contribution in [0.4, 0.5) is 0 Å². The summed E-state index contributed by atoms with van der Waals surface area (Å²) in [5.74, 6) is 0. The lowest BCUT2D eigenvalue weighted by atomic mass is 10.1. The SMILES string of the molecule is C[N+]1(C)CC[N+]2(CCN(CCO)CC2)CC1. The van der Waals surface area contributed by atoms with E-state index in [9.17, 15) is 0 Å². The molecule has 2 fully saturated rings. The second-order valence-electron chi connectivity index (χ2n) is 6.18. The fraction of sp³-hybridized carbons (Fsp3) is 1.00. The molecule has 2 aliphatic rings. The van der Waals surface area contributed by atoms with E-state index in [1.165, 1.54) is 61.3 Å². The predicted octanol–water partition coefficient (Wildman–Crippen LogP) is -0.799. The molecular formula is C12H27N3O+2. The van der Waals surface area contributed by atoms with Crippen LogP contribution in [0.2, 0.25) is 0 Å². The van der Waals surface area contributed by atoms with Crippen LogP contribution in [-0.4, -0.2) is 98.6 Å². The fourth-order valence-electron chi connectivity index (χ4n) is 2.93. The Morgan fingerprint density at radius 1 is 0.938 bits per heavy atom. The Balaban J connectivity index is 1.84. The molecular weight excluding hydrogens is 202 g/mol. The van der Waals surface area contributed by atoms with Gasteiger partial charge in [-0.05, 0) is 0 Å². The zero-order chi connectivity index (χ0) is 11.6. The van der Waals surface area contributed by atoms with E-state index in [1.54, 1.807) is 0 Å². The number of β-amino-alcohol motifs (C(OH)–C–C–N with tert-alkyl or cyclic N) is 1. The molecule has 2 heterocycles. The van der Waals surface area contributed by atoms with Gasteiger partial charge in [0.2, 0.25) is 0 Å². The summed E-state index contributed by atoms with van der Waals surface area (Å²) in [6.45, 7) is 11.4. The van der Waals surface area contributed by atoms with Crippen molar-refractivity contribution in [1.82, 2.24) is 4.90 Å². The number of hydrogen-bond donors (Lipinski definition) is 1. The molecule has 4 heteroatoms. The molecule has 0 saturated carbocycles. The van der Waals surface area contributed by atoms with Gasteiger partial charge in [0.05, 0.1) is 33.8 Å². The maximum absolute atomic E-state index is 8.94. The van der Waals surface area contributed by atoms with Gasteiger partial charge in [-0.1, -0.05) is 0 Å². The molecule has 4 nitrogen and oxygen atoms in total. The second-order valence-corrected chi connectivity index (χ2v) is 6.18. The molecule has 0 atom stereocenters. The zero-order valence-electron chi connectivity index (χ0n) is 10.9. The minimum atomic E-state index is 0.309. The average molecular weight is 229 g/mol. The molecule has 2 rings (SSSR count). The summed E-state index contributed by atoms with van der Waals surface area (Å²) in [5.41, 5.74) is 0. The van der Waals surface area contributed by atoms with Crippen LogP contribution in [0.15, 0.2) is 0 Å². The van der Waals surface area contributed by atoms with Gasteiger partial charge in [-0.15, -0.1) is 0 Å². The Bertz CT molecular complexity index is 222. The lowest BCUT2D eigenvalue weighted by Crippen LogP contribution is -2.69. The fourth-order valence-corrected chi connectivity index (χ4v) is 2.93. The molecule has 1 N–H and O–H groups in total. The lowest BCUT2D eigenvalue weighted by molar-refractivity contribution is -1.02. The van der Waals surface area contributed by atoms with Crippen LogP contribution in [0.5, 0.6) is 0 Å². The van der Waals surface area contributed by atoms with Crippen molar-refractivity contribution in [2.24, 2.45) is 0 Å². The Hall–Kier alpha value is -0.160. The third-order valence-corrected chi connectivity index (χ3v) is 4.56. The molecule has 0 aromatic rings. The van der Waals surface area contributed by atoms with Gasteiger partial charge in [-0.25, -0.2) is 0 Å². The van der Waals surface area contributed by atoms with E-state index in [0.29, 0.717) is 6.61 Å². The largest absolute Gasteiger partial charge is 0.395 e. The van der Waals surface area contributed by atoms with Gasteiger partial charge in [-0.3, -0.25) is 4.90 Å². The Labute approximate surface area is 99.2 Å². The van der Waals surface area contributed by atoms with Gasteiger partial charge in [0.25, 0.3) is 0 Å². The van der Waals surface area contributed by atoms with E-state index in [4.69, 9.17) is 5.11 Å². The highest BCUT2D eigenvalue weighted by Crippen LogP contribution is 2.19. The molecule has 0 radical (unpaired) electrons. The molecule has 0 aromatic carbocycles. The Morgan fingerprint density at radius 3 is 2.00 bits per heavy atom. The van der Waals surface area contributed by atoms with E-state index in [1.807, 2.05) is 0 Å². The van der Waals surface area contributed by atoms with Crippen molar-refractivity contribution in [3.8, 4) is 0 Å². The number of likely N-dealkylation sites (N-methyl/N-ethyl adjacent to an activating group) is 1. The quantitative estimate of drug-likeness (QED) is 0.627. The first-order valence-corrected chi connectivity index (χ1v) is 6.56. The minimum absolute atomic E-state index is 0.309. The molecule has 16 heavy (non-hydrogen) atoms. The van der Waals surface area contributed by atoms with Crippen LogP contribution in [-0.2, 0) is 0 Å². The van der Waals surface area contributed by atoms with E-state index in [2.05, 4.69) is 19.0 Å². The topological polar surface area (TPSA) is 23.5 Å². The zero-order valence-corrected chi connectivity index (χ0v) is 10.9. The molecule has 0 amide bonds. The highest BCUT2D eigenvalue weighted by Gasteiger charge is 2.39. The number of quaternary nitrogens is 2. The molecule has 0 bridgehead atoms. The van der Waals surface area contributed by atoms with Crippen LogP contribution in [0, 0.1) is 0 Å². The second kappa shape index (κ2) is 4.61. The molecule has 0 unspecified atom stereocenters. The smallest absolute Gasteiger partial charge is 0.129 e. The maximum atomic E-state index is 8.94. The van der Waals surface area contributed by atoms with Crippen LogP contribution >= 0.6 is 0 Å². The van der Waals surface area contributed by atoms with Crippen molar-refractivity contribution >= 4 is 0 Å². The van der Waals surface area contributed by atoms with Crippen molar-refractivity contribution in [3.05, 3.63) is 0 Å². The minimum Gasteiger partial charge on any atom is -0.395 e. The highest BCUT2D eigenvalue weighted by atomic mass is 16.3. The third kappa shape index (κ3) is 2.74. The van der Waals surface area contributed by atoms with E-state index in [0.717, 1.165) is 6.54 Å². The van der Waals surface area contributed by atoms with Crippen molar-refractivity contribution in [1.29, 1.82) is 0 Å². The van der Waals surface area contributed by atoms with E-state index in [-0.39, 0.29) is 0 Å². The summed E-state index contributed by atoms with van der Waals surface area (Å²) >= 11 is 0. The molecule has 2 aliphatic heterocycles. The van der Waals surface area contributed by atoms with Crippen LogP contribution in [0.1, 0.15) is 0 Å². The van der Waals surface area contributed by atoms with Crippen molar-refractivity contribution < 1.29 is 14.1 Å². The molecule has 0 aromatic heterocycles. The number of hydrogen-bond acceptors (Lipinski definition) is 2. The van der Waals surface area contributed by atoms with Gasteiger partial charge < -0.3 is 14.1 Å². The molecule has 94 valence electrons. The van der Waals surface area contributed by atoms with Gasteiger partial charge in [-0.2, -0.15) is 0 Å². The Morgan fingerprint density at radius 2 is 1.50 bits per heavy atom. The average Bonchev–Trinajstić information content (AvgIpc) is 2.27. The van der Waals surface area contributed by atoms with Gasteiger partial charge in [0.1, 0.15) is 26.2 Å². The number of piperazine rings is 2. The van der Waals surface area contributed by atoms with Gasteiger partial charge in [0, 0.05) is 19.6 Å². The van der Waals surface area contributed by atoms with Gasteiger partial charge >= 0.3 is 0 Å². The molecule has 0 aliphatic carbocycles. The summed E-state index contributed by atoms with van der Waals surface area (Å²) in [6, 6.07) is 0. The summed E-state index contributed by atoms with van der Waals surface area (Å²) in [4.78, 5) is 2.40. The third-order valence-electron chi connectivity index (χ3n) is 4.56. The molecule has 2 saturated heterocycles. The standard InChI is InChI=1S/C12H27N3O/c1-14(2)8-10-15(11-9-14)6-3-13(4-7-15)5-12-16/h16H,3-12H2,1-2H3/q+2. The summed E-state index contributed by atoms with van der Waals surface area (Å²) in [7, 11) is 4.69. The van der Waals surface area contributed by atoms with E-state index < -0.39 is 0 Å². The first-order valence-electron chi connectivity index (χ1n) is 6.56. The van der Waals surface area contributed by atoms with Crippen LogP contribution in [0.25, 0.3) is 0 Å². The van der Waals surface area contributed by atoms with Crippen LogP contribution in [0.3, 0.4) is 0 Å². The van der Waals surface area contributed by atoms with Crippen molar-refractivity contribution in [2.45, 2.75) is 0 Å². The molecule has 1 spiro atoms. The monoisotopic (exact) mass is 229 g/mol. The van der Waals surface area contributed by atoms with Gasteiger partial charge in [0.15, 0.2) is 0 Å². The lowest BCUT2D eigenvalue weighted by Gasteiger charge is -2.50. The van der Waals surface area contributed by atoms with Crippen molar-refractivity contribution in [2.75, 3.05) is 79.6 Å².